The molecule has 0 atom stereocenters. The second-order valence-electron chi connectivity index (χ2n) is 5.59. The van der Waals surface area contributed by atoms with E-state index in [0.29, 0.717) is 0 Å². The van der Waals surface area contributed by atoms with E-state index in [1.165, 1.54) is 55.8 Å². The van der Waals surface area contributed by atoms with Gasteiger partial charge in [-0.2, -0.15) is 0 Å². The Labute approximate surface area is 125 Å². The molecule has 0 bridgehead atoms. The third-order valence-electron chi connectivity index (χ3n) is 3.98. The largest absolute Gasteiger partial charge is 0.301 e. The fraction of sp³-hybridized carbons (Fsp3) is 0.625. The molecule has 1 aromatic carbocycles. The second kappa shape index (κ2) is 7.41. The number of rotatable bonds is 4. The second-order valence-corrected chi connectivity index (χ2v) is 6.38. The summed E-state index contributed by atoms with van der Waals surface area (Å²) in [5.41, 5.74) is 4.29. The summed E-state index contributed by atoms with van der Waals surface area (Å²) in [7, 11) is 0. The van der Waals surface area contributed by atoms with E-state index in [4.69, 9.17) is 0 Å². The Hall–Kier alpha value is -0.380. The zero-order valence-corrected chi connectivity index (χ0v) is 13.7. The predicted octanol–water partition coefficient (Wildman–Crippen LogP) is 3.21. The lowest BCUT2D eigenvalue weighted by Gasteiger charge is -2.22. The first kappa shape index (κ1) is 15.0. The van der Waals surface area contributed by atoms with Gasteiger partial charge in [0.05, 0.1) is 0 Å². The zero-order chi connectivity index (χ0) is 13.7. The molecule has 0 radical (unpaired) electrons. The Balaban J connectivity index is 1.94. The van der Waals surface area contributed by atoms with Gasteiger partial charge in [-0.15, -0.1) is 0 Å². The van der Waals surface area contributed by atoms with E-state index in [-0.39, 0.29) is 0 Å². The molecule has 1 heterocycles. The van der Waals surface area contributed by atoms with Crippen molar-refractivity contribution in [2.75, 3.05) is 38.1 Å². The van der Waals surface area contributed by atoms with Gasteiger partial charge >= 0.3 is 0 Å². The molecule has 3 heteroatoms. The lowest BCUT2D eigenvalue weighted by Crippen LogP contribution is -2.31. The summed E-state index contributed by atoms with van der Waals surface area (Å²) in [5.74, 6) is 0. The van der Waals surface area contributed by atoms with E-state index in [9.17, 15) is 0 Å². The van der Waals surface area contributed by atoms with Crippen molar-refractivity contribution in [3.63, 3.8) is 0 Å². The van der Waals surface area contributed by atoms with Gasteiger partial charge in [-0.1, -0.05) is 39.7 Å². The van der Waals surface area contributed by atoms with Crippen molar-refractivity contribution >= 4 is 15.9 Å². The van der Waals surface area contributed by atoms with Gasteiger partial charge in [0.1, 0.15) is 0 Å². The highest BCUT2D eigenvalue weighted by Gasteiger charge is 2.15. The van der Waals surface area contributed by atoms with Gasteiger partial charge in [-0.05, 0) is 44.5 Å². The van der Waals surface area contributed by atoms with Gasteiger partial charge < -0.3 is 4.90 Å². The molecule has 0 saturated carbocycles. The molecule has 0 unspecified atom stereocenters. The fourth-order valence-corrected chi connectivity index (χ4v) is 3.24. The average Bonchev–Trinajstić information content (AvgIpc) is 2.60. The van der Waals surface area contributed by atoms with Gasteiger partial charge in [0, 0.05) is 31.5 Å². The minimum atomic E-state index is 1.09. The first-order valence-corrected chi connectivity index (χ1v) is 8.38. The van der Waals surface area contributed by atoms with Crippen LogP contribution in [-0.4, -0.2) is 47.9 Å². The van der Waals surface area contributed by atoms with Crippen molar-refractivity contribution in [3.05, 3.63) is 34.9 Å². The van der Waals surface area contributed by atoms with Gasteiger partial charge in [0.25, 0.3) is 0 Å². The van der Waals surface area contributed by atoms with E-state index in [1.54, 1.807) is 0 Å². The van der Waals surface area contributed by atoms with Crippen molar-refractivity contribution in [3.8, 4) is 0 Å². The van der Waals surface area contributed by atoms with Crippen molar-refractivity contribution in [1.29, 1.82) is 0 Å². The maximum atomic E-state index is 3.54. The summed E-state index contributed by atoms with van der Waals surface area (Å²) in [5, 5.41) is 1.09. The molecule has 1 aliphatic rings. The maximum Gasteiger partial charge on any atom is 0.0237 e. The van der Waals surface area contributed by atoms with Crippen molar-refractivity contribution in [2.24, 2.45) is 0 Å². The van der Waals surface area contributed by atoms with Crippen molar-refractivity contribution in [2.45, 2.75) is 26.8 Å². The van der Waals surface area contributed by atoms with Crippen LogP contribution in [0.15, 0.2) is 18.2 Å². The third-order valence-corrected chi connectivity index (χ3v) is 4.34. The molecule has 1 saturated heterocycles. The zero-order valence-electron chi connectivity index (χ0n) is 12.2. The highest BCUT2D eigenvalue weighted by Crippen LogP contribution is 2.15. The summed E-state index contributed by atoms with van der Waals surface area (Å²) in [4.78, 5) is 5.17. The van der Waals surface area contributed by atoms with E-state index in [0.717, 1.165) is 11.9 Å². The minimum absolute atomic E-state index is 1.09. The quantitative estimate of drug-likeness (QED) is 0.785. The Kier molecular flexibility index (Phi) is 5.86. The fourth-order valence-electron chi connectivity index (χ4n) is 2.74. The van der Waals surface area contributed by atoms with Gasteiger partial charge in [0.15, 0.2) is 0 Å². The normalized spacial score (nSPS) is 18.5. The summed E-state index contributed by atoms with van der Waals surface area (Å²) in [6.07, 6.45) is 1.29. The van der Waals surface area contributed by atoms with Gasteiger partial charge in [-0.25, -0.2) is 0 Å². The van der Waals surface area contributed by atoms with Crippen LogP contribution in [0.1, 0.15) is 23.1 Å². The molecule has 0 aromatic heterocycles. The number of nitrogens with zero attached hydrogens (tertiary/aromatic N) is 2. The Bertz CT molecular complexity index is 406. The molecule has 1 aromatic rings. The van der Waals surface area contributed by atoms with Crippen LogP contribution in [-0.2, 0) is 6.54 Å². The number of benzene rings is 1. The number of hydrogen-bond acceptors (Lipinski definition) is 2. The molecular formula is C16H25BrN2. The molecule has 106 valence electrons. The van der Waals surface area contributed by atoms with Crippen LogP contribution < -0.4 is 0 Å². The highest BCUT2D eigenvalue weighted by atomic mass is 79.9. The standard InChI is InChI=1S/C16H25BrN2/c1-14-4-5-15(2)16(12-14)13-19-8-3-7-18(9-6-17)10-11-19/h4-5,12H,3,6-11,13H2,1-2H3. The van der Waals surface area contributed by atoms with E-state index in [1.807, 2.05) is 0 Å². The Morgan fingerprint density at radius 3 is 2.58 bits per heavy atom. The molecule has 0 aliphatic carbocycles. The monoisotopic (exact) mass is 324 g/mol. The first-order chi connectivity index (χ1) is 9.19. The molecule has 0 spiro atoms. The Morgan fingerprint density at radius 1 is 1.05 bits per heavy atom. The van der Waals surface area contributed by atoms with Crippen LogP contribution in [0.3, 0.4) is 0 Å². The molecule has 1 fully saturated rings. The Morgan fingerprint density at radius 2 is 1.79 bits per heavy atom. The molecule has 2 nitrogen and oxygen atoms in total. The summed E-state index contributed by atoms with van der Waals surface area (Å²) < 4.78 is 0. The number of alkyl halides is 1. The van der Waals surface area contributed by atoms with Gasteiger partial charge in [-0.3, -0.25) is 4.90 Å². The molecule has 0 N–H and O–H groups in total. The average molecular weight is 325 g/mol. The lowest BCUT2D eigenvalue weighted by atomic mass is 10.1. The predicted molar refractivity (Wildman–Crippen MR) is 86.0 cm³/mol. The number of halogens is 1. The van der Waals surface area contributed by atoms with E-state index < -0.39 is 0 Å². The van der Waals surface area contributed by atoms with Crippen LogP contribution in [0.25, 0.3) is 0 Å². The maximum absolute atomic E-state index is 3.54. The molecular weight excluding hydrogens is 300 g/mol. The van der Waals surface area contributed by atoms with Crippen LogP contribution in [0, 0.1) is 13.8 Å². The highest BCUT2D eigenvalue weighted by molar-refractivity contribution is 9.09. The molecule has 2 rings (SSSR count). The molecule has 1 aliphatic heterocycles. The van der Waals surface area contributed by atoms with Gasteiger partial charge in [0.2, 0.25) is 0 Å². The SMILES string of the molecule is Cc1ccc(C)c(CN2CCCN(CCBr)CC2)c1. The van der Waals surface area contributed by atoms with E-state index >= 15 is 0 Å². The number of aryl methyl sites for hydroxylation is 2. The molecule has 19 heavy (non-hydrogen) atoms. The summed E-state index contributed by atoms with van der Waals surface area (Å²) in [6, 6.07) is 6.80. The van der Waals surface area contributed by atoms with Crippen LogP contribution in [0.5, 0.6) is 0 Å². The molecule has 0 amide bonds. The van der Waals surface area contributed by atoms with Crippen LogP contribution in [0.4, 0.5) is 0 Å². The van der Waals surface area contributed by atoms with Crippen LogP contribution in [0.2, 0.25) is 0 Å². The third kappa shape index (κ3) is 4.59. The summed E-state index contributed by atoms with van der Waals surface area (Å²) in [6.45, 7) is 11.6. The van der Waals surface area contributed by atoms with Crippen molar-refractivity contribution in [1.82, 2.24) is 9.80 Å². The smallest absolute Gasteiger partial charge is 0.0237 e. The minimum Gasteiger partial charge on any atom is -0.301 e. The van der Waals surface area contributed by atoms with Crippen molar-refractivity contribution < 1.29 is 0 Å². The number of hydrogen-bond donors (Lipinski definition) is 0. The van der Waals surface area contributed by atoms with E-state index in [2.05, 4.69) is 57.8 Å². The topological polar surface area (TPSA) is 6.48 Å². The lowest BCUT2D eigenvalue weighted by molar-refractivity contribution is 0.258. The summed E-state index contributed by atoms with van der Waals surface area (Å²) >= 11 is 3.54. The first-order valence-electron chi connectivity index (χ1n) is 7.26. The van der Waals surface area contributed by atoms with Crippen LogP contribution >= 0.6 is 15.9 Å².